The van der Waals surface area contributed by atoms with Crippen molar-refractivity contribution in [3.8, 4) is 0 Å². The van der Waals surface area contributed by atoms with Gasteiger partial charge in [-0.05, 0) is 49.4 Å². The molecule has 31 heavy (non-hydrogen) atoms. The number of carbonyl (C=O) groups excluding carboxylic acids is 3. The minimum atomic E-state index is -0.837. The number of methoxy groups -OCH3 is 1. The maximum atomic E-state index is 13.1. The van der Waals surface area contributed by atoms with E-state index in [9.17, 15) is 18.8 Å². The smallest absolute Gasteiger partial charge is 0.340 e. The van der Waals surface area contributed by atoms with Gasteiger partial charge in [-0.2, -0.15) is 0 Å². The lowest BCUT2D eigenvalue weighted by molar-refractivity contribution is -0.119. The van der Waals surface area contributed by atoms with Crippen molar-refractivity contribution in [2.75, 3.05) is 37.9 Å². The Labute approximate surface area is 182 Å². The molecule has 1 heterocycles. The molecule has 1 aliphatic carbocycles. The molecule has 166 valence electrons. The minimum absolute atomic E-state index is 0.0287. The molecule has 0 unspecified atom stereocenters. The van der Waals surface area contributed by atoms with Gasteiger partial charge in [0.1, 0.15) is 10.8 Å². The van der Waals surface area contributed by atoms with Crippen LogP contribution in [0.15, 0.2) is 18.2 Å². The molecule has 0 aliphatic heterocycles. The summed E-state index contributed by atoms with van der Waals surface area (Å²) in [5.41, 5.74) is 6.92. The molecule has 0 atom stereocenters. The summed E-state index contributed by atoms with van der Waals surface area (Å²) in [5, 5.41) is 5.92. The normalized spacial score (nSPS) is 12.7. The maximum absolute atomic E-state index is 13.1. The first-order valence-electron chi connectivity index (χ1n) is 9.84. The van der Waals surface area contributed by atoms with E-state index >= 15 is 0 Å². The maximum Gasteiger partial charge on any atom is 0.340 e. The summed E-state index contributed by atoms with van der Waals surface area (Å²) in [4.78, 5) is 38.4. The molecule has 0 spiro atoms. The van der Waals surface area contributed by atoms with Gasteiger partial charge in [0, 0.05) is 24.2 Å². The molecule has 8 nitrogen and oxygen atoms in total. The van der Waals surface area contributed by atoms with E-state index in [1.807, 2.05) is 0 Å². The van der Waals surface area contributed by atoms with E-state index in [0.717, 1.165) is 48.3 Å². The Kier molecular flexibility index (Phi) is 7.59. The lowest BCUT2D eigenvalue weighted by atomic mass is 9.95. The van der Waals surface area contributed by atoms with Gasteiger partial charge in [-0.25, -0.2) is 9.18 Å². The Balaban J connectivity index is 1.68. The van der Waals surface area contributed by atoms with Crippen molar-refractivity contribution in [2.45, 2.75) is 25.7 Å². The van der Waals surface area contributed by atoms with E-state index < -0.39 is 24.3 Å². The van der Waals surface area contributed by atoms with Gasteiger partial charge in [-0.1, -0.05) is 0 Å². The standard InChI is InChI=1S/C21H24FN3O5S/c1-29-9-8-24-19(27)18-14-4-2-3-5-16(14)31-20(18)25-17(26)11-30-21(28)13-7-6-12(22)10-15(13)23/h6-7,10H,2-5,8-9,11,23H2,1H3,(H,24,27)(H,25,26). The Morgan fingerprint density at radius 2 is 2.00 bits per heavy atom. The quantitative estimate of drug-likeness (QED) is 0.324. The predicted molar refractivity (Wildman–Crippen MR) is 115 cm³/mol. The largest absolute Gasteiger partial charge is 0.452 e. The first-order valence-corrected chi connectivity index (χ1v) is 10.7. The molecule has 2 amide bonds. The van der Waals surface area contributed by atoms with Crippen molar-refractivity contribution < 1.29 is 28.2 Å². The molecule has 0 saturated heterocycles. The lowest BCUT2D eigenvalue weighted by Crippen LogP contribution is -2.29. The first kappa shape index (κ1) is 22.7. The number of thiophene rings is 1. The monoisotopic (exact) mass is 449 g/mol. The number of hydrogen-bond acceptors (Lipinski definition) is 7. The number of fused-ring (bicyclic) bond motifs is 1. The average molecular weight is 450 g/mol. The van der Waals surface area contributed by atoms with Crippen molar-refractivity contribution in [3.63, 3.8) is 0 Å². The fourth-order valence-electron chi connectivity index (χ4n) is 3.34. The van der Waals surface area contributed by atoms with Gasteiger partial charge in [0.05, 0.1) is 17.7 Å². The number of rotatable bonds is 8. The lowest BCUT2D eigenvalue weighted by Gasteiger charge is -2.13. The molecular weight excluding hydrogens is 425 g/mol. The van der Waals surface area contributed by atoms with Crippen LogP contribution in [0.3, 0.4) is 0 Å². The van der Waals surface area contributed by atoms with Crippen LogP contribution in [0.25, 0.3) is 0 Å². The van der Waals surface area contributed by atoms with Crippen LogP contribution in [0.2, 0.25) is 0 Å². The number of benzene rings is 1. The molecular formula is C21H24FN3O5S. The van der Waals surface area contributed by atoms with Crippen LogP contribution in [0.4, 0.5) is 15.1 Å². The number of nitrogen functional groups attached to an aromatic ring is 1. The van der Waals surface area contributed by atoms with Gasteiger partial charge in [-0.3, -0.25) is 9.59 Å². The fraction of sp³-hybridized carbons (Fsp3) is 0.381. The number of anilines is 2. The van der Waals surface area contributed by atoms with E-state index in [0.29, 0.717) is 23.7 Å². The number of nitrogens with one attached hydrogen (secondary N) is 2. The number of esters is 1. The van der Waals surface area contributed by atoms with E-state index in [-0.39, 0.29) is 17.2 Å². The number of nitrogens with two attached hydrogens (primary N) is 1. The number of amides is 2. The summed E-state index contributed by atoms with van der Waals surface area (Å²) in [6, 6.07) is 3.28. The Hall–Kier alpha value is -2.98. The number of hydrogen-bond donors (Lipinski definition) is 3. The van der Waals surface area contributed by atoms with Crippen LogP contribution in [0.1, 0.15) is 44.0 Å². The van der Waals surface area contributed by atoms with E-state index in [1.54, 1.807) is 7.11 Å². The van der Waals surface area contributed by atoms with Crippen LogP contribution in [-0.4, -0.2) is 44.7 Å². The SMILES string of the molecule is COCCNC(=O)c1c(NC(=O)COC(=O)c2ccc(F)cc2N)sc2c1CCCC2. The van der Waals surface area contributed by atoms with E-state index in [2.05, 4.69) is 10.6 Å². The van der Waals surface area contributed by atoms with Crippen molar-refractivity contribution >= 4 is 39.8 Å². The topological polar surface area (TPSA) is 120 Å². The highest BCUT2D eigenvalue weighted by atomic mass is 32.1. The van der Waals surface area contributed by atoms with Gasteiger partial charge in [0.25, 0.3) is 11.8 Å². The van der Waals surface area contributed by atoms with Crippen LogP contribution in [-0.2, 0) is 27.1 Å². The molecule has 1 aromatic heterocycles. The van der Waals surface area contributed by atoms with Gasteiger partial charge >= 0.3 is 5.97 Å². The van der Waals surface area contributed by atoms with Crippen molar-refractivity contribution in [1.82, 2.24) is 5.32 Å². The summed E-state index contributed by atoms with van der Waals surface area (Å²) in [6.07, 6.45) is 3.63. The molecule has 0 saturated carbocycles. The average Bonchev–Trinajstić information content (AvgIpc) is 3.10. The molecule has 4 N–H and O–H groups in total. The molecule has 0 bridgehead atoms. The Morgan fingerprint density at radius 1 is 1.23 bits per heavy atom. The highest BCUT2D eigenvalue weighted by molar-refractivity contribution is 7.17. The molecule has 1 aliphatic rings. The fourth-order valence-corrected chi connectivity index (χ4v) is 4.64. The molecule has 2 aromatic rings. The van der Waals surface area contributed by atoms with Crippen LogP contribution < -0.4 is 16.4 Å². The Morgan fingerprint density at radius 3 is 2.74 bits per heavy atom. The third-order valence-electron chi connectivity index (χ3n) is 4.81. The van der Waals surface area contributed by atoms with Gasteiger partial charge in [-0.15, -0.1) is 11.3 Å². The summed E-state index contributed by atoms with van der Waals surface area (Å²) in [6.45, 7) is 0.162. The number of ether oxygens (including phenoxy) is 2. The third kappa shape index (κ3) is 5.59. The zero-order valence-corrected chi connectivity index (χ0v) is 17.9. The number of carbonyl (C=O) groups is 3. The first-order chi connectivity index (χ1) is 14.9. The minimum Gasteiger partial charge on any atom is -0.452 e. The van der Waals surface area contributed by atoms with Crippen molar-refractivity contribution in [3.05, 3.63) is 45.6 Å². The molecule has 1 aromatic carbocycles. The summed E-state index contributed by atoms with van der Waals surface area (Å²) < 4.78 is 23.1. The summed E-state index contributed by atoms with van der Waals surface area (Å²) in [5.74, 6) is -2.28. The molecule has 10 heteroatoms. The number of aryl methyl sites for hydroxylation is 1. The third-order valence-corrected chi connectivity index (χ3v) is 6.02. The summed E-state index contributed by atoms with van der Waals surface area (Å²) >= 11 is 1.37. The summed E-state index contributed by atoms with van der Waals surface area (Å²) in [7, 11) is 1.55. The second-order valence-electron chi connectivity index (χ2n) is 7.02. The van der Waals surface area contributed by atoms with Crippen LogP contribution in [0.5, 0.6) is 0 Å². The second-order valence-corrected chi connectivity index (χ2v) is 8.12. The van der Waals surface area contributed by atoms with E-state index in [4.69, 9.17) is 15.2 Å². The zero-order chi connectivity index (χ0) is 22.4. The second kappa shape index (κ2) is 10.4. The highest BCUT2D eigenvalue weighted by Gasteiger charge is 2.26. The van der Waals surface area contributed by atoms with Crippen molar-refractivity contribution in [2.24, 2.45) is 0 Å². The van der Waals surface area contributed by atoms with Gasteiger partial charge in [0.15, 0.2) is 6.61 Å². The van der Waals surface area contributed by atoms with Crippen LogP contribution >= 0.6 is 11.3 Å². The highest BCUT2D eigenvalue weighted by Crippen LogP contribution is 2.38. The van der Waals surface area contributed by atoms with Crippen LogP contribution in [0, 0.1) is 5.82 Å². The Bertz CT molecular complexity index is 992. The van der Waals surface area contributed by atoms with E-state index in [1.165, 1.54) is 17.4 Å². The van der Waals surface area contributed by atoms with Crippen molar-refractivity contribution in [1.29, 1.82) is 0 Å². The van der Waals surface area contributed by atoms with Gasteiger partial charge in [0.2, 0.25) is 0 Å². The molecule has 3 rings (SSSR count). The zero-order valence-electron chi connectivity index (χ0n) is 17.1. The number of halogens is 1. The molecule has 0 radical (unpaired) electrons. The predicted octanol–water partition coefficient (Wildman–Crippen LogP) is 2.52. The van der Waals surface area contributed by atoms with Gasteiger partial charge < -0.3 is 25.8 Å². The molecule has 0 fully saturated rings.